The van der Waals surface area contributed by atoms with Crippen LogP contribution in [0, 0.1) is 0 Å². The highest BCUT2D eigenvalue weighted by molar-refractivity contribution is 6.02. The van der Waals surface area contributed by atoms with Gasteiger partial charge in [0, 0.05) is 30.2 Å². The molecule has 0 radical (unpaired) electrons. The van der Waals surface area contributed by atoms with Crippen LogP contribution in [0.25, 0.3) is 10.8 Å². The van der Waals surface area contributed by atoms with E-state index in [0.29, 0.717) is 6.04 Å². The standard InChI is InChI=1S/C23H24N2O/c26-23-13-12-18-8-4-5-11-20(18)21(23)16-24-17-22(25-14-6-7-15-25)19-9-2-1-3-10-19/h1-5,8-13,16,22,26H,6-7,14-15,17H2/p+1/t22-/m1/s1. The summed E-state index contributed by atoms with van der Waals surface area (Å²) in [7, 11) is 0. The van der Waals surface area contributed by atoms with E-state index in [1.54, 1.807) is 11.0 Å². The van der Waals surface area contributed by atoms with E-state index in [9.17, 15) is 5.11 Å². The summed E-state index contributed by atoms with van der Waals surface area (Å²) >= 11 is 0. The van der Waals surface area contributed by atoms with Crippen molar-refractivity contribution in [2.24, 2.45) is 4.99 Å². The number of fused-ring (bicyclic) bond motifs is 1. The molecule has 1 aliphatic heterocycles. The van der Waals surface area contributed by atoms with Gasteiger partial charge < -0.3 is 10.0 Å². The van der Waals surface area contributed by atoms with Gasteiger partial charge in [0.2, 0.25) is 0 Å². The summed E-state index contributed by atoms with van der Waals surface area (Å²) in [6.07, 6.45) is 4.45. The first-order valence-corrected chi connectivity index (χ1v) is 9.43. The zero-order valence-corrected chi connectivity index (χ0v) is 14.9. The molecule has 0 unspecified atom stereocenters. The van der Waals surface area contributed by atoms with Crippen LogP contribution in [0.3, 0.4) is 0 Å². The van der Waals surface area contributed by atoms with E-state index >= 15 is 0 Å². The number of likely N-dealkylation sites (tertiary alicyclic amines) is 1. The minimum absolute atomic E-state index is 0.289. The lowest BCUT2D eigenvalue weighted by Crippen LogP contribution is -3.10. The summed E-state index contributed by atoms with van der Waals surface area (Å²) in [5, 5.41) is 12.5. The number of rotatable bonds is 5. The molecule has 3 heteroatoms. The molecule has 3 aromatic carbocycles. The zero-order valence-electron chi connectivity index (χ0n) is 14.9. The SMILES string of the molecule is Oc1ccc2ccccc2c1C=NC[C@H](c1ccccc1)[NH+]1CCCC1. The van der Waals surface area contributed by atoms with Gasteiger partial charge in [0.1, 0.15) is 11.8 Å². The smallest absolute Gasteiger partial charge is 0.133 e. The van der Waals surface area contributed by atoms with Crippen LogP contribution in [-0.2, 0) is 0 Å². The minimum Gasteiger partial charge on any atom is -0.507 e. The number of phenolic OH excluding ortho intramolecular Hbond substituents is 1. The first-order chi connectivity index (χ1) is 12.8. The van der Waals surface area contributed by atoms with Crippen LogP contribution in [0.15, 0.2) is 71.7 Å². The summed E-state index contributed by atoms with van der Waals surface area (Å²) in [5.74, 6) is 0.289. The van der Waals surface area contributed by atoms with Crippen molar-refractivity contribution in [3.63, 3.8) is 0 Å². The molecule has 3 nitrogen and oxygen atoms in total. The lowest BCUT2D eigenvalue weighted by molar-refractivity contribution is -0.918. The lowest BCUT2D eigenvalue weighted by Gasteiger charge is -2.23. The number of phenols is 1. The molecule has 0 aromatic heterocycles. The summed E-state index contributed by atoms with van der Waals surface area (Å²) in [4.78, 5) is 6.39. The van der Waals surface area contributed by atoms with Crippen molar-refractivity contribution >= 4 is 17.0 Å². The van der Waals surface area contributed by atoms with Gasteiger partial charge in [-0.2, -0.15) is 0 Å². The lowest BCUT2D eigenvalue weighted by atomic mass is 10.0. The summed E-state index contributed by atoms with van der Waals surface area (Å²) in [6.45, 7) is 3.17. The van der Waals surface area contributed by atoms with Crippen LogP contribution in [-0.4, -0.2) is 31.0 Å². The number of aromatic hydroxyl groups is 1. The number of quaternary nitrogens is 1. The number of aliphatic imine (C=N–C) groups is 1. The van der Waals surface area contributed by atoms with Crippen molar-refractivity contribution in [3.8, 4) is 5.75 Å². The zero-order chi connectivity index (χ0) is 17.8. The second-order valence-corrected chi connectivity index (χ2v) is 7.04. The molecule has 1 aliphatic rings. The Labute approximate surface area is 154 Å². The molecule has 26 heavy (non-hydrogen) atoms. The van der Waals surface area contributed by atoms with E-state index in [-0.39, 0.29) is 5.75 Å². The van der Waals surface area contributed by atoms with Crippen molar-refractivity contribution in [1.82, 2.24) is 0 Å². The molecular formula is C23H25N2O+. The topological polar surface area (TPSA) is 37.0 Å². The summed E-state index contributed by atoms with van der Waals surface area (Å²) < 4.78 is 0. The minimum atomic E-state index is 0.289. The summed E-state index contributed by atoms with van der Waals surface area (Å²) in [5.41, 5.74) is 2.16. The fraction of sp³-hybridized carbons (Fsp3) is 0.261. The van der Waals surface area contributed by atoms with E-state index < -0.39 is 0 Å². The van der Waals surface area contributed by atoms with Gasteiger partial charge in [-0.15, -0.1) is 0 Å². The first-order valence-electron chi connectivity index (χ1n) is 9.43. The fourth-order valence-corrected chi connectivity index (χ4v) is 4.00. The van der Waals surface area contributed by atoms with Gasteiger partial charge in [-0.3, -0.25) is 4.99 Å². The Morgan fingerprint density at radius 1 is 0.923 bits per heavy atom. The molecule has 0 aliphatic carbocycles. The van der Waals surface area contributed by atoms with Gasteiger partial charge >= 0.3 is 0 Å². The molecule has 1 heterocycles. The number of nitrogens with zero attached hydrogens (tertiary/aromatic N) is 1. The number of benzene rings is 3. The predicted molar refractivity (Wildman–Crippen MR) is 107 cm³/mol. The highest BCUT2D eigenvalue weighted by Crippen LogP contribution is 2.25. The van der Waals surface area contributed by atoms with Gasteiger partial charge in [0.25, 0.3) is 0 Å². The normalized spacial score (nSPS) is 16.5. The summed E-state index contributed by atoms with van der Waals surface area (Å²) in [6, 6.07) is 22.9. The Kier molecular flexibility index (Phi) is 4.98. The van der Waals surface area contributed by atoms with E-state index in [2.05, 4.69) is 36.4 Å². The molecule has 0 spiro atoms. The first kappa shape index (κ1) is 16.8. The molecule has 0 bridgehead atoms. The molecule has 132 valence electrons. The molecule has 0 saturated carbocycles. The molecule has 1 saturated heterocycles. The third-order valence-electron chi connectivity index (χ3n) is 5.40. The quantitative estimate of drug-likeness (QED) is 0.684. The third kappa shape index (κ3) is 3.49. The van der Waals surface area contributed by atoms with Crippen molar-refractivity contribution in [1.29, 1.82) is 0 Å². The maximum Gasteiger partial charge on any atom is 0.133 e. The monoisotopic (exact) mass is 345 g/mol. The average molecular weight is 345 g/mol. The van der Waals surface area contributed by atoms with Crippen molar-refractivity contribution in [2.75, 3.05) is 19.6 Å². The van der Waals surface area contributed by atoms with Crippen LogP contribution in [0.5, 0.6) is 5.75 Å². The molecule has 0 amide bonds. The van der Waals surface area contributed by atoms with Crippen molar-refractivity contribution in [2.45, 2.75) is 18.9 Å². The predicted octanol–water partition coefficient (Wildman–Crippen LogP) is 3.38. The van der Waals surface area contributed by atoms with Crippen LogP contribution >= 0.6 is 0 Å². The van der Waals surface area contributed by atoms with E-state index in [1.807, 2.05) is 30.5 Å². The van der Waals surface area contributed by atoms with E-state index in [1.165, 1.54) is 31.5 Å². The number of nitrogens with one attached hydrogen (secondary N) is 1. The van der Waals surface area contributed by atoms with Crippen LogP contribution < -0.4 is 4.90 Å². The Balaban J connectivity index is 1.61. The van der Waals surface area contributed by atoms with Crippen LogP contribution in [0.4, 0.5) is 0 Å². The Bertz CT molecular complexity index is 898. The Hall–Kier alpha value is -2.65. The highest BCUT2D eigenvalue weighted by Gasteiger charge is 2.26. The van der Waals surface area contributed by atoms with Crippen molar-refractivity contribution < 1.29 is 10.0 Å². The van der Waals surface area contributed by atoms with Gasteiger partial charge in [0.05, 0.1) is 19.6 Å². The highest BCUT2D eigenvalue weighted by atomic mass is 16.3. The number of hydrogen-bond acceptors (Lipinski definition) is 2. The van der Waals surface area contributed by atoms with E-state index in [0.717, 1.165) is 22.9 Å². The average Bonchev–Trinajstić information content (AvgIpc) is 3.22. The second-order valence-electron chi connectivity index (χ2n) is 7.04. The van der Waals surface area contributed by atoms with E-state index in [4.69, 9.17) is 4.99 Å². The Morgan fingerprint density at radius 3 is 2.46 bits per heavy atom. The fourth-order valence-electron chi connectivity index (χ4n) is 4.00. The molecule has 1 atom stereocenters. The maximum absolute atomic E-state index is 10.3. The van der Waals surface area contributed by atoms with Gasteiger partial charge in [0.15, 0.2) is 0 Å². The van der Waals surface area contributed by atoms with Crippen LogP contribution in [0.1, 0.15) is 30.0 Å². The number of hydrogen-bond donors (Lipinski definition) is 2. The molecule has 1 fully saturated rings. The molecule has 2 N–H and O–H groups in total. The largest absolute Gasteiger partial charge is 0.507 e. The molecule has 4 rings (SSSR count). The van der Waals surface area contributed by atoms with Gasteiger partial charge in [-0.25, -0.2) is 0 Å². The van der Waals surface area contributed by atoms with Gasteiger partial charge in [-0.1, -0.05) is 60.7 Å². The maximum atomic E-state index is 10.3. The third-order valence-corrected chi connectivity index (χ3v) is 5.40. The van der Waals surface area contributed by atoms with Gasteiger partial charge in [-0.05, 0) is 16.8 Å². The van der Waals surface area contributed by atoms with Crippen molar-refractivity contribution in [3.05, 3.63) is 77.9 Å². The van der Waals surface area contributed by atoms with Crippen LogP contribution in [0.2, 0.25) is 0 Å². The second kappa shape index (κ2) is 7.71. The molecule has 3 aromatic rings. The molecular weight excluding hydrogens is 320 g/mol. The Morgan fingerprint density at radius 2 is 1.65 bits per heavy atom.